The second-order valence-electron chi connectivity index (χ2n) is 8.34. The second kappa shape index (κ2) is 7.78. The van der Waals surface area contributed by atoms with E-state index in [1.54, 1.807) is 18.3 Å². The van der Waals surface area contributed by atoms with Crippen molar-refractivity contribution >= 4 is 34.6 Å². The number of thiazole rings is 1. The van der Waals surface area contributed by atoms with Crippen LogP contribution in [0.15, 0.2) is 30.5 Å². The van der Waals surface area contributed by atoms with E-state index in [9.17, 15) is 4.79 Å². The number of esters is 1. The van der Waals surface area contributed by atoms with Crippen LogP contribution in [0, 0.1) is 0 Å². The number of anilines is 1. The van der Waals surface area contributed by atoms with Crippen molar-refractivity contribution in [1.82, 2.24) is 10.3 Å². The Bertz CT molecular complexity index is 786. The predicted octanol–water partition coefficient (Wildman–Crippen LogP) is 4.87. The predicted molar refractivity (Wildman–Crippen MR) is 111 cm³/mol. The van der Waals surface area contributed by atoms with Gasteiger partial charge in [-0.1, -0.05) is 11.6 Å². The maximum atomic E-state index is 12.5. The van der Waals surface area contributed by atoms with Crippen LogP contribution in [0.5, 0.6) is 0 Å². The molecule has 0 unspecified atom stereocenters. The van der Waals surface area contributed by atoms with E-state index >= 15 is 0 Å². The molecule has 1 aliphatic heterocycles. The van der Waals surface area contributed by atoms with E-state index in [-0.39, 0.29) is 23.2 Å². The zero-order valence-electron chi connectivity index (χ0n) is 16.1. The first kappa shape index (κ1) is 20.1. The van der Waals surface area contributed by atoms with Gasteiger partial charge in [0.2, 0.25) is 0 Å². The molecular formula is C20H26ClN3O2S. The Morgan fingerprint density at radius 2 is 1.89 bits per heavy atom. The van der Waals surface area contributed by atoms with E-state index < -0.39 is 0 Å². The average Bonchev–Trinajstić information content (AvgIpc) is 2.96. The zero-order valence-corrected chi connectivity index (χ0v) is 17.7. The summed E-state index contributed by atoms with van der Waals surface area (Å²) in [7, 11) is 0. The van der Waals surface area contributed by atoms with Crippen molar-refractivity contribution in [3.63, 3.8) is 0 Å². The first-order valence-corrected chi connectivity index (χ1v) is 10.3. The number of benzene rings is 1. The molecule has 0 bridgehead atoms. The molecule has 2 N–H and O–H groups in total. The Balaban J connectivity index is 1.57. The number of hydrogen-bond donors (Lipinski definition) is 2. The normalized spacial score (nSPS) is 18.9. The van der Waals surface area contributed by atoms with Crippen molar-refractivity contribution in [1.29, 1.82) is 0 Å². The molecule has 1 aliphatic rings. The molecule has 27 heavy (non-hydrogen) atoms. The minimum atomic E-state index is -0.269. The summed E-state index contributed by atoms with van der Waals surface area (Å²) in [6.45, 7) is 9.22. The molecule has 2 heterocycles. The molecule has 1 aromatic heterocycles. The van der Waals surface area contributed by atoms with Crippen molar-refractivity contribution < 1.29 is 9.53 Å². The lowest BCUT2D eigenvalue weighted by atomic mass is 9.81. The van der Waals surface area contributed by atoms with E-state index in [4.69, 9.17) is 16.3 Å². The molecule has 0 spiro atoms. The summed E-state index contributed by atoms with van der Waals surface area (Å²) in [4.78, 5) is 17.6. The molecule has 5 nitrogen and oxygen atoms in total. The smallest absolute Gasteiger partial charge is 0.338 e. The number of carbonyl (C=O) groups is 1. The van der Waals surface area contributed by atoms with Crippen LogP contribution < -0.4 is 10.6 Å². The van der Waals surface area contributed by atoms with Crippen molar-refractivity contribution in [2.75, 3.05) is 5.32 Å². The Morgan fingerprint density at radius 3 is 2.44 bits per heavy atom. The molecule has 0 atom stereocenters. The Labute approximate surface area is 169 Å². The minimum absolute atomic E-state index is 0.0555. The molecule has 1 aromatic carbocycles. The molecule has 3 rings (SSSR count). The molecule has 0 aliphatic carbocycles. The van der Waals surface area contributed by atoms with Gasteiger partial charge in [0.05, 0.1) is 12.1 Å². The van der Waals surface area contributed by atoms with Gasteiger partial charge in [-0.3, -0.25) is 0 Å². The van der Waals surface area contributed by atoms with Crippen LogP contribution in [0.25, 0.3) is 0 Å². The quantitative estimate of drug-likeness (QED) is 0.692. The summed E-state index contributed by atoms with van der Waals surface area (Å²) in [5.41, 5.74) is 1.38. The summed E-state index contributed by atoms with van der Waals surface area (Å²) < 4.78 is 6.34. The molecule has 0 radical (unpaired) electrons. The van der Waals surface area contributed by atoms with E-state index in [0.29, 0.717) is 16.6 Å². The standard InChI is InChI=1S/C20H26ClN3O2S/c1-19(2)9-15(10-20(3,4)24-19)26-17(25)13-5-7-14(8-6-13)22-11-16-12-23-18(21)27-16/h5-8,12,15,22,24H,9-11H2,1-4H3. The van der Waals surface area contributed by atoms with Crippen molar-refractivity contribution in [2.24, 2.45) is 0 Å². The molecule has 7 heteroatoms. The summed E-state index contributed by atoms with van der Waals surface area (Å²) in [6.07, 6.45) is 3.28. The number of halogens is 1. The fourth-order valence-corrected chi connectivity index (χ4v) is 4.73. The number of piperidine rings is 1. The highest BCUT2D eigenvalue weighted by Crippen LogP contribution is 2.31. The average molecular weight is 408 g/mol. The van der Waals surface area contributed by atoms with Crippen LogP contribution in [-0.2, 0) is 11.3 Å². The molecule has 1 fully saturated rings. The third kappa shape index (κ3) is 5.67. The van der Waals surface area contributed by atoms with E-state index in [2.05, 4.69) is 43.3 Å². The molecule has 0 saturated carbocycles. The number of ether oxygens (including phenoxy) is 1. The molecular weight excluding hydrogens is 382 g/mol. The van der Waals surface area contributed by atoms with Gasteiger partial charge >= 0.3 is 5.97 Å². The van der Waals surface area contributed by atoms with Crippen molar-refractivity contribution in [3.05, 3.63) is 45.4 Å². The van der Waals surface area contributed by atoms with Crippen LogP contribution in [0.4, 0.5) is 5.69 Å². The highest BCUT2D eigenvalue weighted by atomic mass is 35.5. The number of carbonyl (C=O) groups excluding carboxylic acids is 1. The van der Waals surface area contributed by atoms with Gasteiger partial charge in [0, 0.05) is 40.7 Å². The maximum Gasteiger partial charge on any atom is 0.338 e. The Kier molecular flexibility index (Phi) is 5.79. The second-order valence-corrected chi connectivity index (χ2v) is 10.0. The van der Waals surface area contributed by atoms with Crippen LogP contribution in [-0.4, -0.2) is 28.1 Å². The van der Waals surface area contributed by atoms with Gasteiger partial charge in [-0.25, -0.2) is 9.78 Å². The number of nitrogens with one attached hydrogen (secondary N) is 2. The molecule has 0 amide bonds. The molecule has 146 valence electrons. The van der Waals surface area contributed by atoms with Crippen LogP contribution in [0.2, 0.25) is 4.47 Å². The topological polar surface area (TPSA) is 63.2 Å². The summed E-state index contributed by atoms with van der Waals surface area (Å²) in [5.74, 6) is -0.269. The maximum absolute atomic E-state index is 12.5. The Hall–Kier alpha value is -1.63. The highest BCUT2D eigenvalue weighted by molar-refractivity contribution is 7.15. The van der Waals surface area contributed by atoms with E-state index in [1.807, 2.05) is 12.1 Å². The van der Waals surface area contributed by atoms with Crippen LogP contribution in [0.1, 0.15) is 55.8 Å². The number of aromatic nitrogens is 1. The van der Waals surface area contributed by atoms with Crippen LogP contribution in [0.3, 0.4) is 0 Å². The minimum Gasteiger partial charge on any atom is -0.459 e. The van der Waals surface area contributed by atoms with E-state index in [1.165, 1.54) is 11.3 Å². The van der Waals surface area contributed by atoms with E-state index in [0.717, 1.165) is 23.4 Å². The van der Waals surface area contributed by atoms with Gasteiger partial charge in [0.15, 0.2) is 4.47 Å². The van der Waals surface area contributed by atoms with Crippen molar-refractivity contribution in [2.45, 2.75) is 64.3 Å². The monoisotopic (exact) mass is 407 g/mol. The first-order valence-electron chi connectivity index (χ1n) is 9.06. The fraction of sp³-hybridized carbons (Fsp3) is 0.500. The lowest BCUT2D eigenvalue weighted by Crippen LogP contribution is -2.59. The molecule has 2 aromatic rings. The first-order chi connectivity index (χ1) is 12.6. The fourth-order valence-electron chi connectivity index (χ4n) is 3.81. The van der Waals surface area contributed by atoms with Gasteiger partial charge < -0.3 is 15.4 Å². The summed E-state index contributed by atoms with van der Waals surface area (Å²) >= 11 is 7.28. The van der Waals surface area contributed by atoms with Gasteiger partial charge in [-0.2, -0.15) is 0 Å². The van der Waals surface area contributed by atoms with Crippen LogP contribution >= 0.6 is 22.9 Å². The lowest BCUT2D eigenvalue weighted by molar-refractivity contribution is -0.00637. The highest BCUT2D eigenvalue weighted by Gasteiger charge is 2.39. The SMILES string of the molecule is CC1(C)CC(OC(=O)c2ccc(NCc3cnc(Cl)s3)cc2)CC(C)(C)N1. The zero-order chi connectivity index (χ0) is 19.7. The lowest BCUT2D eigenvalue weighted by Gasteiger charge is -2.45. The van der Waals surface area contributed by atoms with Crippen molar-refractivity contribution in [3.8, 4) is 0 Å². The summed E-state index contributed by atoms with van der Waals surface area (Å²) in [5, 5.41) is 6.89. The third-order valence-corrected chi connectivity index (χ3v) is 5.65. The Morgan fingerprint density at radius 1 is 1.26 bits per heavy atom. The van der Waals surface area contributed by atoms with Gasteiger partial charge in [0.1, 0.15) is 6.10 Å². The third-order valence-electron chi connectivity index (χ3n) is 4.54. The number of nitrogens with zero attached hydrogens (tertiary/aromatic N) is 1. The number of hydrogen-bond acceptors (Lipinski definition) is 6. The largest absolute Gasteiger partial charge is 0.459 e. The molecule has 1 saturated heterocycles. The van der Waals surface area contributed by atoms with Gasteiger partial charge in [0.25, 0.3) is 0 Å². The number of rotatable bonds is 5. The van der Waals surface area contributed by atoms with Gasteiger partial charge in [-0.05, 0) is 52.0 Å². The summed E-state index contributed by atoms with van der Waals surface area (Å²) in [6, 6.07) is 7.36. The van der Waals surface area contributed by atoms with Gasteiger partial charge in [-0.15, -0.1) is 11.3 Å².